The summed E-state index contributed by atoms with van der Waals surface area (Å²) in [4.78, 5) is 0. The predicted molar refractivity (Wildman–Crippen MR) is 73.3 cm³/mol. The molecule has 0 fully saturated rings. The Balaban J connectivity index is 2.29. The van der Waals surface area contributed by atoms with Crippen LogP contribution in [0.2, 0.25) is 0 Å². The van der Waals surface area contributed by atoms with Crippen LogP contribution in [0.4, 0.5) is 0 Å². The highest BCUT2D eigenvalue weighted by atomic mass is 79.9. The summed E-state index contributed by atoms with van der Waals surface area (Å²) in [6.45, 7) is 2.50. The molecule has 0 radical (unpaired) electrons. The van der Waals surface area contributed by atoms with Gasteiger partial charge in [-0.3, -0.25) is 0 Å². The fourth-order valence-electron chi connectivity index (χ4n) is 1.57. The minimum Gasteiger partial charge on any atom is -0.457 e. The first-order chi connectivity index (χ1) is 8.20. The molecule has 0 atom stereocenters. The highest BCUT2D eigenvalue weighted by Gasteiger charge is 2.06. The minimum atomic E-state index is 0.447. The summed E-state index contributed by atoms with van der Waals surface area (Å²) in [5.41, 5.74) is 7.91. The van der Waals surface area contributed by atoms with E-state index in [9.17, 15) is 0 Å². The lowest BCUT2D eigenvalue weighted by Gasteiger charge is -2.11. The number of hydrogen-bond acceptors (Lipinski definition) is 2. The highest BCUT2D eigenvalue weighted by Crippen LogP contribution is 2.30. The van der Waals surface area contributed by atoms with Gasteiger partial charge in [-0.25, -0.2) is 0 Å². The van der Waals surface area contributed by atoms with E-state index in [1.807, 2.05) is 49.4 Å². The molecule has 2 nitrogen and oxygen atoms in total. The van der Waals surface area contributed by atoms with Crippen LogP contribution in [0.1, 0.15) is 11.1 Å². The van der Waals surface area contributed by atoms with Gasteiger partial charge in [0, 0.05) is 16.6 Å². The molecule has 0 aliphatic carbocycles. The van der Waals surface area contributed by atoms with Crippen molar-refractivity contribution in [2.75, 3.05) is 0 Å². The Bertz CT molecular complexity index is 508. The maximum absolute atomic E-state index is 5.83. The van der Waals surface area contributed by atoms with Gasteiger partial charge in [0.1, 0.15) is 11.5 Å². The van der Waals surface area contributed by atoms with Gasteiger partial charge in [-0.1, -0.05) is 39.7 Å². The van der Waals surface area contributed by atoms with E-state index in [1.165, 1.54) is 5.56 Å². The van der Waals surface area contributed by atoms with Crippen LogP contribution >= 0.6 is 15.9 Å². The van der Waals surface area contributed by atoms with Crippen molar-refractivity contribution in [3.05, 3.63) is 58.1 Å². The lowest BCUT2D eigenvalue weighted by atomic mass is 10.2. The topological polar surface area (TPSA) is 35.2 Å². The standard InChI is InChI=1S/C14H14BrNO/c1-10-5-7-11(8-6-10)17-14-4-2-3-13(15)12(14)9-16/h2-8H,9,16H2,1H3. The fraction of sp³-hybridized carbons (Fsp3) is 0.143. The number of hydrogen-bond donors (Lipinski definition) is 1. The molecule has 2 rings (SSSR count). The van der Waals surface area contributed by atoms with Crippen LogP contribution in [0.25, 0.3) is 0 Å². The van der Waals surface area contributed by atoms with Crippen molar-refractivity contribution in [2.45, 2.75) is 13.5 Å². The Morgan fingerprint density at radius 2 is 1.82 bits per heavy atom. The summed E-state index contributed by atoms with van der Waals surface area (Å²) in [6.07, 6.45) is 0. The van der Waals surface area contributed by atoms with E-state index in [2.05, 4.69) is 15.9 Å². The van der Waals surface area contributed by atoms with Crippen molar-refractivity contribution < 1.29 is 4.74 Å². The molecule has 2 N–H and O–H groups in total. The summed E-state index contributed by atoms with van der Waals surface area (Å²) < 4.78 is 6.80. The van der Waals surface area contributed by atoms with Crippen molar-refractivity contribution in [2.24, 2.45) is 5.73 Å². The molecule has 0 heterocycles. The van der Waals surface area contributed by atoms with E-state index in [-0.39, 0.29) is 0 Å². The molecule has 0 aliphatic rings. The molecular formula is C14H14BrNO. The first-order valence-corrected chi connectivity index (χ1v) is 6.22. The smallest absolute Gasteiger partial charge is 0.133 e. The molecule has 0 unspecified atom stereocenters. The van der Waals surface area contributed by atoms with Gasteiger partial charge >= 0.3 is 0 Å². The first kappa shape index (κ1) is 12.1. The molecule has 17 heavy (non-hydrogen) atoms. The average Bonchev–Trinajstić information content (AvgIpc) is 2.32. The second-order valence-corrected chi connectivity index (χ2v) is 4.69. The predicted octanol–water partition coefficient (Wildman–Crippen LogP) is 4.01. The number of rotatable bonds is 3. The summed E-state index contributed by atoms with van der Waals surface area (Å²) >= 11 is 3.47. The van der Waals surface area contributed by atoms with Gasteiger partial charge in [-0.05, 0) is 31.2 Å². The van der Waals surface area contributed by atoms with E-state index >= 15 is 0 Å². The Morgan fingerprint density at radius 1 is 1.12 bits per heavy atom. The number of halogens is 1. The quantitative estimate of drug-likeness (QED) is 0.927. The molecule has 2 aromatic rings. The van der Waals surface area contributed by atoms with Crippen LogP contribution in [-0.2, 0) is 6.54 Å². The summed E-state index contributed by atoms with van der Waals surface area (Å²) in [5.74, 6) is 1.62. The average molecular weight is 292 g/mol. The van der Waals surface area contributed by atoms with Crippen LogP contribution in [-0.4, -0.2) is 0 Å². The van der Waals surface area contributed by atoms with E-state index < -0.39 is 0 Å². The molecule has 0 bridgehead atoms. The molecule has 0 aliphatic heterocycles. The van der Waals surface area contributed by atoms with Crippen molar-refractivity contribution in [3.8, 4) is 11.5 Å². The molecule has 0 spiro atoms. The summed E-state index contributed by atoms with van der Waals surface area (Å²) in [5, 5.41) is 0. The van der Waals surface area contributed by atoms with E-state index in [4.69, 9.17) is 10.5 Å². The summed E-state index contributed by atoms with van der Waals surface area (Å²) in [6, 6.07) is 13.8. The largest absolute Gasteiger partial charge is 0.457 e. The van der Waals surface area contributed by atoms with Gasteiger partial charge < -0.3 is 10.5 Å². The van der Waals surface area contributed by atoms with Crippen LogP contribution in [0.5, 0.6) is 11.5 Å². The lowest BCUT2D eigenvalue weighted by Crippen LogP contribution is -2.00. The molecule has 3 heteroatoms. The van der Waals surface area contributed by atoms with Gasteiger partial charge in [0.25, 0.3) is 0 Å². The third kappa shape index (κ3) is 2.87. The van der Waals surface area contributed by atoms with E-state index in [1.54, 1.807) is 0 Å². The molecule has 88 valence electrons. The Morgan fingerprint density at radius 3 is 2.47 bits per heavy atom. The van der Waals surface area contributed by atoms with Gasteiger partial charge in [0.15, 0.2) is 0 Å². The van der Waals surface area contributed by atoms with E-state index in [0.717, 1.165) is 21.5 Å². The molecule has 0 saturated heterocycles. The zero-order valence-corrected chi connectivity index (χ0v) is 11.2. The Labute approximate surface area is 110 Å². The van der Waals surface area contributed by atoms with Crippen LogP contribution in [0.15, 0.2) is 46.9 Å². The maximum Gasteiger partial charge on any atom is 0.133 e. The van der Waals surface area contributed by atoms with Crippen LogP contribution < -0.4 is 10.5 Å². The van der Waals surface area contributed by atoms with E-state index in [0.29, 0.717) is 6.54 Å². The molecule has 0 amide bonds. The van der Waals surface area contributed by atoms with Crippen LogP contribution in [0, 0.1) is 6.92 Å². The number of ether oxygens (including phenoxy) is 1. The third-order valence-corrected chi connectivity index (χ3v) is 3.27. The van der Waals surface area contributed by atoms with Crippen molar-refractivity contribution in [1.29, 1.82) is 0 Å². The lowest BCUT2D eigenvalue weighted by molar-refractivity contribution is 0.476. The first-order valence-electron chi connectivity index (χ1n) is 5.42. The molecule has 2 aromatic carbocycles. The number of aryl methyl sites for hydroxylation is 1. The van der Waals surface area contributed by atoms with Gasteiger partial charge in [-0.15, -0.1) is 0 Å². The van der Waals surface area contributed by atoms with Crippen molar-refractivity contribution in [3.63, 3.8) is 0 Å². The second-order valence-electron chi connectivity index (χ2n) is 3.84. The number of nitrogens with two attached hydrogens (primary N) is 1. The van der Waals surface area contributed by atoms with Crippen molar-refractivity contribution >= 4 is 15.9 Å². The Hall–Kier alpha value is -1.32. The highest BCUT2D eigenvalue weighted by molar-refractivity contribution is 9.10. The second kappa shape index (κ2) is 5.34. The van der Waals surface area contributed by atoms with Gasteiger partial charge in [0.05, 0.1) is 0 Å². The molecule has 0 aromatic heterocycles. The molecule has 0 saturated carbocycles. The SMILES string of the molecule is Cc1ccc(Oc2cccc(Br)c2CN)cc1. The molecular weight excluding hydrogens is 278 g/mol. The van der Waals surface area contributed by atoms with Crippen LogP contribution in [0.3, 0.4) is 0 Å². The monoisotopic (exact) mass is 291 g/mol. The minimum absolute atomic E-state index is 0.447. The third-order valence-electron chi connectivity index (χ3n) is 2.53. The number of benzene rings is 2. The van der Waals surface area contributed by atoms with Gasteiger partial charge in [0.2, 0.25) is 0 Å². The maximum atomic E-state index is 5.83. The Kier molecular flexibility index (Phi) is 3.82. The van der Waals surface area contributed by atoms with Crippen molar-refractivity contribution in [1.82, 2.24) is 0 Å². The zero-order chi connectivity index (χ0) is 12.3. The fourth-order valence-corrected chi connectivity index (χ4v) is 2.08. The normalized spacial score (nSPS) is 10.3. The van der Waals surface area contributed by atoms with Gasteiger partial charge in [-0.2, -0.15) is 0 Å². The zero-order valence-electron chi connectivity index (χ0n) is 9.61. The summed E-state index contributed by atoms with van der Waals surface area (Å²) in [7, 11) is 0.